The van der Waals surface area contributed by atoms with Crippen LogP contribution in [0.3, 0.4) is 0 Å². The molecule has 11 nitrogen and oxygen atoms in total. The molecule has 0 aliphatic carbocycles. The van der Waals surface area contributed by atoms with Gasteiger partial charge < -0.3 is 30.1 Å². The molecule has 0 bridgehead atoms. The number of unbranched alkanes of at least 4 members (excludes halogenated alkanes) is 2. The first-order valence-corrected chi connectivity index (χ1v) is 15.7. The Kier molecular flexibility index (Phi) is 17.0. The standard InChI is InChI=1S/C24H52N8O3Si/c1-6-11-14-20(25)18-28-23-29-22(16-13-17-36(33-8-3,34-9-4)35-10-5)30-24(31-23)32(27)19-21(26)15-12-7-2/h20-21H,6-19,25-27H2,1-5H3,(H,28,29,30,31). The third kappa shape index (κ3) is 12.7. The normalized spacial score (nSPS) is 13.6. The maximum Gasteiger partial charge on any atom is 0.500 e. The minimum absolute atomic E-state index is 0.0280. The molecule has 7 N–H and O–H groups in total. The van der Waals surface area contributed by atoms with Gasteiger partial charge in [0.15, 0.2) is 0 Å². The quantitative estimate of drug-likeness (QED) is 0.0995. The lowest BCUT2D eigenvalue weighted by atomic mass is 10.1. The van der Waals surface area contributed by atoms with Gasteiger partial charge in [0.05, 0.1) is 6.54 Å². The molecule has 36 heavy (non-hydrogen) atoms. The zero-order valence-electron chi connectivity index (χ0n) is 23.3. The zero-order chi connectivity index (χ0) is 26.8. The summed E-state index contributed by atoms with van der Waals surface area (Å²) >= 11 is 0. The number of rotatable bonds is 22. The highest BCUT2D eigenvalue weighted by molar-refractivity contribution is 6.60. The average Bonchev–Trinajstić information content (AvgIpc) is 2.85. The van der Waals surface area contributed by atoms with Crippen LogP contribution in [0.25, 0.3) is 0 Å². The summed E-state index contributed by atoms with van der Waals surface area (Å²) in [4.78, 5) is 13.8. The smallest absolute Gasteiger partial charge is 0.374 e. The van der Waals surface area contributed by atoms with Crippen LogP contribution in [0.2, 0.25) is 6.04 Å². The Labute approximate surface area is 219 Å². The largest absolute Gasteiger partial charge is 0.500 e. The Morgan fingerprint density at radius 1 is 0.833 bits per heavy atom. The molecule has 1 aromatic rings. The van der Waals surface area contributed by atoms with Crippen LogP contribution in [-0.2, 0) is 19.7 Å². The SMILES string of the molecule is CCCCC(N)CNc1nc(CCC[Si](OCC)(OCC)OCC)nc(N(N)CC(N)CCCC)n1. The van der Waals surface area contributed by atoms with Crippen LogP contribution in [0.15, 0.2) is 0 Å². The summed E-state index contributed by atoms with van der Waals surface area (Å²) in [5.41, 5.74) is 12.5. The summed E-state index contributed by atoms with van der Waals surface area (Å²) in [6.07, 6.45) is 7.58. The molecular formula is C24H52N8O3Si. The fourth-order valence-electron chi connectivity index (χ4n) is 3.87. The molecule has 0 aliphatic heterocycles. The highest BCUT2D eigenvalue weighted by Gasteiger charge is 2.39. The highest BCUT2D eigenvalue weighted by Crippen LogP contribution is 2.20. The molecule has 0 fully saturated rings. The summed E-state index contributed by atoms with van der Waals surface area (Å²) in [6.45, 7) is 12.9. The van der Waals surface area contributed by atoms with E-state index in [4.69, 9.17) is 30.6 Å². The second kappa shape index (κ2) is 18.8. The van der Waals surface area contributed by atoms with Gasteiger partial charge in [0.2, 0.25) is 11.9 Å². The molecule has 1 heterocycles. The lowest BCUT2D eigenvalue weighted by Crippen LogP contribution is -2.46. The fourth-order valence-corrected chi connectivity index (χ4v) is 6.49. The minimum Gasteiger partial charge on any atom is -0.374 e. The summed E-state index contributed by atoms with van der Waals surface area (Å²) in [6, 6.07) is 0.659. The molecule has 0 aliphatic rings. The van der Waals surface area contributed by atoms with Crippen molar-refractivity contribution in [2.45, 2.75) is 104 Å². The molecule has 2 atom stereocenters. The average molecular weight is 529 g/mol. The lowest BCUT2D eigenvalue weighted by Gasteiger charge is -2.28. The van der Waals surface area contributed by atoms with Crippen LogP contribution in [-0.4, -0.2) is 68.8 Å². The number of nitrogens with zero attached hydrogens (tertiary/aromatic N) is 4. The van der Waals surface area contributed by atoms with Gasteiger partial charge in [0.1, 0.15) is 5.82 Å². The van der Waals surface area contributed by atoms with Crippen LogP contribution in [0.4, 0.5) is 11.9 Å². The van der Waals surface area contributed by atoms with Crippen molar-refractivity contribution < 1.29 is 13.3 Å². The first kappa shape index (κ1) is 32.6. The molecule has 2 unspecified atom stereocenters. The van der Waals surface area contributed by atoms with E-state index in [-0.39, 0.29) is 12.1 Å². The van der Waals surface area contributed by atoms with Crippen molar-refractivity contribution in [3.8, 4) is 0 Å². The van der Waals surface area contributed by atoms with Gasteiger partial charge in [0, 0.05) is 50.9 Å². The summed E-state index contributed by atoms with van der Waals surface area (Å²) in [5, 5.41) is 4.80. The van der Waals surface area contributed by atoms with Gasteiger partial charge in [-0.3, -0.25) is 5.01 Å². The molecule has 0 amide bonds. The van der Waals surface area contributed by atoms with Gasteiger partial charge in [-0.1, -0.05) is 39.5 Å². The van der Waals surface area contributed by atoms with E-state index in [1.807, 2.05) is 20.8 Å². The molecular weight excluding hydrogens is 476 g/mol. The van der Waals surface area contributed by atoms with Gasteiger partial charge in [0.25, 0.3) is 0 Å². The van der Waals surface area contributed by atoms with Crippen LogP contribution in [0, 0.1) is 0 Å². The van der Waals surface area contributed by atoms with Crippen LogP contribution >= 0.6 is 0 Å². The van der Waals surface area contributed by atoms with Crippen LogP contribution in [0.1, 0.15) is 85.4 Å². The van der Waals surface area contributed by atoms with Gasteiger partial charge >= 0.3 is 8.80 Å². The van der Waals surface area contributed by atoms with E-state index in [9.17, 15) is 0 Å². The minimum atomic E-state index is -2.73. The number of anilines is 2. The van der Waals surface area contributed by atoms with Crippen molar-refractivity contribution in [3.05, 3.63) is 5.82 Å². The highest BCUT2D eigenvalue weighted by atomic mass is 28.4. The van der Waals surface area contributed by atoms with Gasteiger partial charge in [-0.25, -0.2) is 5.84 Å². The van der Waals surface area contributed by atoms with Crippen molar-refractivity contribution in [1.29, 1.82) is 0 Å². The Balaban J connectivity index is 2.99. The van der Waals surface area contributed by atoms with Crippen LogP contribution < -0.4 is 27.6 Å². The first-order valence-electron chi connectivity index (χ1n) is 13.8. The maximum absolute atomic E-state index is 6.34. The Hall–Kier alpha value is -1.41. The number of nitrogens with two attached hydrogens (primary N) is 3. The molecule has 1 aromatic heterocycles. The van der Waals surface area contributed by atoms with E-state index < -0.39 is 8.80 Å². The van der Waals surface area contributed by atoms with E-state index in [1.54, 1.807) is 0 Å². The number of hydrogen-bond acceptors (Lipinski definition) is 11. The zero-order valence-corrected chi connectivity index (χ0v) is 24.3. The first-order chi connectivity index (χ1) is 17.3. The van der Waals surface area contributed by atoms with E-state index in [1.165, 1.54) is 5.01 Å². The fraction of sp³-hybridized carbons (Fsp3) is 0.875. The van der Waals surface area contributed by atoms with Gasteiger partial charge in [-0.15, -0.1) is 0 Å². The van der Waals surface area contributed by atoms with E-state index in [0.29, 0.717) is 63.1 Å². The predicted molar refractivity (Wildman–Crippen MR) is 149 cm³/mol. The predicted octanol–water partition coefficient (Wildman–Crippen LogP) is 2.98. The number of nitrogens with one attached hydrogen (secondary N) is 1. The monoisotopic (exact) mass is 528 g/mol. The van der Waals surface area contributed by atoms with E-state index >= 15 is 0 Å². The van der Waals surface area contributed by atoms with Crippen LogP contribution in [0.5, 0.6) is 0 Å². The van der Waals surface area contributed by atoms with E-state index in [0.717, 1.165) is 44.9 Å². The number of hydrazine groups is 1. The maximum atomic E-state index is 6.34. The molecule has 0 radical (unpaired) electrons. The molecule has 1 rings (SSSR count). The molecule has 0 aromatic carbocycles. The molecule has 12 heteroatoms. The van der Waals surface area contributed by atoms with Gasteiger partial charge in [-0.2, -0.15) is 15.0 Å². The molecule has 0 saturated heterocycles. The lowest BCUT2D eigenvalue weighted by molar-refractivity contribution is 0.0708. The van der Waals surface area contributed by atoms with E-state index in [2.05, 4.69) is 34.1 Å². The second-order valence-corrected chi connectivity index (χ2v) is 11.8. The Bertz CT molecular complexity index is 686. The summed E-state index contributed by atoms with van der Waals surface area (Å²) in [5.74, 6) is 7.86. The second-order valence-electron chi connectivity index (χ2n) is 9.05. The Morgan fingerprint density at radius 3 is 1.97 bits per heavy atom. The van der Waals surface area contributed by atoms with Crippen molar-refractivity contribution in [1.82, 2.24) is 15.0 Å². The summed E-state index contributed by atoms with van der Waals surface area (Å²) < 4.78 is 17.9. The third-order valence-corrected chi connectivity index (χ3v) is 8.86. The molecule has 210 valence electrons. The van der Waals surface area contributed by atoms with Crippen molar-refractivity contribution in [2.75, 3.05) is 43.2 Å². The van der Waals surface area contributed by atoms with Crippen molar-refractivity contribution in [3.63, 3.8) is 0 Å². The number of aromatic nitrogens is 3. The third-order valence-electron chi connectivity index (χ3n) is 5.71. The summed E-state index contributed by atoms with van der Waals surface area (Å²) in [7, 11) is -2.73. The number of aryl methyl sites for hydroxylation is 1. The van der Waals surface area contributed by atoms with Crippen molar-refractivity contribution >= 4 is 20.7 Å². The molecule has 0 saturated carbocycles. The molecule has 0 spiro atoms. The van der Waals surface area contributed by atoms with Crippen molar-refractivity contribution in [2.24, 2.45) is 17.3 Å². The van der Waals surface area contributed by atoms with Gasteiger partial charge in [-0.05, 0) is 40.0 Å². The number of hydrogen-bond donors (Lipinski definition) is 4. The topological polar surface area (TPSA) is 160 Å². The Morgan fingerprint density at radius 2 is 1.42 bits per heavy atom.